The van der Waals surface area contributed by atoms with Gasteiger partial charge in [0.05, 0.1) is 6.61 Å². The minimum atomic E-state index is -5.20. The van der Waals surface area contributed by atoms with Crippen LogP contribution in [0.1, 0.15) is 27.7 Å². The van der Waals surface area contributed by atoms with Gasteiger partial charge in [0.25, 0.3) is 0 Å². The van der Waals surface area contributed by atoms with Crippen molar-refractivity contribution in [2.24, 2.45) is 22.7 Å². The van der Waals surface area contributed by atoms with Crippen LogP contribution in [-0.4, -0.2) is 64.3 Å². The maximum Gasteiger partial charge on any atom is 0.471 e. The van der Waals surface area contributed by atoms with Crippen molar-refractivity contribution >= 4 is 17.8 Å². The first kappa shape index (κ1) is 20.5. The molecule has 148 valence electrons. The van der Waals surface area contributed by atoms with Crippen molar-refractivity contribution < 1.29 is 37.8 Å². The minimum Gasteiger partial charge on any atom is -0.480 e. The fourth-order valence-electron chi connectivity index (χ4n) is 3.86. The molecule has 0 aromatic rings. The van der Waals surface area contributed by atoms with Crippen molar-refractivity contribution in [3.8, 4) is 0 Å². The van der Waals surface area contributed by atoms with E-state index >= 15 is 0 Å². The van der Waals surface area contributed by atoms with Crippen molar-refractivity contribution in [2.75, 3.05) is 13.2 Å². The van der Waals surface area contributed by atoms with Gasteiger partial charge in [0, 0.05) is 17.9 Å². The molecule has 26 heavy (non-hydrogen) atoms. The quantitative estimate of drug-likeness (QED) is 0.648. The number of nitrogens with one attached hydrogen (secondary N) is 1. The van der Waals surface area contributed by atoms with Gasteiger partial charge < -0.3 is 20.4 Å². The third-order valence-corrected chi connectivity index (χ3v) is 5.71. The van der Waals surface area contributed by atoms with Crippen LogP contribution in [0.5, 0.6) is 0 Å². The maximum absolute atomic E-state index is 12.9. The average molecular weight is 380 g/mol. The molecule has 0 bridgehead atoms. The third kappa shape index (κ3) is 3.26. The number of alkyl halides is 3. The standard InChI is InChI=1S/C16H23F3N2O5/c1-14(2,6-22)10(20-13(26)16(17,18)19)11(23)21-5-7-8(15(7,3)4)9(21)12(24)25/h7-10,22H,5-6H2,1-4H3,(H,20,26)(H,24,25)/t7-,8-,9-,10+/m0/s1. The van der Waals surface area contributed by atoms with Crippen LogP contribution in [0.3, 0.4) is 0 Å². The van der Waals surface area contributed by atoms with E-state index in [9.17, 15) is 37.8 Å². The molecule has 1 heterocycles. The molecule has 3 N–H and O–H groups in total. The van der Waals surface area contributed by atoms with E-state index in [0.717, 1.165) is 4.90 Å². The molecular formula is C16H23F3N2O5. The van der Waals surface area contributed by atoms with Crippen molar-refractivity contribution in [2.45, 2.75) is 46.0 Å². The highest BCUT2D eigenvalue weighted by atomic mass is 19.4. The van der Waals surface area contributed by atoms with Crippen molar-refractivity contribution in [1.29, 1.82) is 0 Å². The number of hydrogen-bond donors (Lipinski definition) is 3. The topological polar surface area (TPSA) is 107 Å². The summed E-state index contributed by atoms with van der Waals surface area (Å²) in [5.74, 6) is -4.84. The molecule has 0 unspecified atom stereocenters. The molecule has 2 amide bonds. The SMILES string of the molecule is CC(C)(CO)[C@H](NC(=O)C(F)(F)F)C(=O)N1C[C@H]2[C@@H]([C@H]1C(=O)O)C2(C)C. The second-order valence-electron chi connectivity index (χ2n) is 8.28. The van der Waals surface area contributed by atoms with E-state index in [4.69, 9.17) is 0 Å². The van der Waals surface area contributed by atoms with E-state index in [0.29, 0.717) is 0 Å². The summed E-state index contributed by atoms with van der Waals surface area (Å²) in [4.78, 5) is 36.9. The normalized spacial score (nSPS) is 28.3. The van der Waals surface area contributed by atoms with E-state index in [1.165, 1.54) is 13.8 Å². The Balaban J connectivity index is 2.30. The van der Waals surface area contributed by atoms with Crippen LogP contribution >= 0.6 is 0 Å². The number of halogens is 3. The smallest absolute Gasteiger partial charge is 0.471 e. The Labute approximate surface area is 148 Å². The van der Waals surface area contributed by atoms with Gasteiger partial charge in [-0.1, -0.05) is 27.7 Å². The summed E-state index contributed by atoms with van der Waals surface area (Å²) in [5.41, 5.74) is -1.68. The Kier molecular flexibility index (Phi) is 4.81. The number of rotatable bonds is 5. The Morgan fingerprint density at radius 2 is 1.81 bits per heavy atom. The number of aliphatic carboxylic acids is 1. The molecule has 1 aliphatic carbocycles. The number of carboxylic acids is 1. The predicted molar refractivity (Wildman–Crippen MR) is 82.8 cm³/mol. The summed E-state index contributed by atoms with van der Waals surface area (Å²) in [6, 6.07) is -2.87. The lowest BCUT2D eigenvalue weighted by Gasteiger charge is -2.37. The van der Waals surface area contributed by atoms with E-state index in [2.05, 4.69) is 0 Å². The molecule has 2 rings (SSSR count). The molecule has 1 saturated carbocycles. The summed E-state index contributed by atoms with van der Waals surface area (Å²) in [5, 5.41) is 20.6. The van der Waals surface area contributed by atoms with Crippen LogP contribution in [-0.2, 0) is 14.4 Å². The Hall–Kier alpha value is -1.84. The molecule has 1 saturated heterocycles. The fraction of sp³-hybridized carbons (Fsp3) is 0.812. The molecule has 7 nitrogen and oxygen atoms in total. The predicted octanol–water partition coefficient (Wildman–Crippen LogP) is 0.620. The lowest BCUT2D eigenvalue weighted by atomic mass is 9.83. The molecule has 0 aromatic carbocycles. The van der Waals surface area contributed by atoms with Gasteiger partial charge in [-0.15, -0.1) is 0 Å². The van der Waals surface area contributed by atoms with E-state index in [-0.39, 0.29) is 23.8 Å². The number of aliphatic hydroxyl groups is 1. The number of carbonyl (C=O) groups excluding carboxylic acids is 2. The minimum absolute atomic E-state index is 0.0660. The molecule has 0 aromatic heterocycles. The van der Waals surface area contributed by atoms with Crippen LogP contribution in [0.2, 0.25) is 0 Å². The molecule has 2 aliphatic rings. The largest absolute Gasteiger partial charge is 0.480 e. The number of hydrogen-bond acceptors (Lipinski definition) is 4. The van der Waals surface area contributed by atoms with Crippen molar-refractivity contribution in [3.63, 3.8) is 0 Å². The van der Waals surface area contributed by atoms with Crippen LogP contribution in [0.15, 0.2) is 0 Å². The van der Waals surface area contributed by atoms with E-state index < -0.39 is 48.1 Å². The number of piperidine rings is 1. The molecular weight excluding hydrogens is 357 g/mol. The number of carbonyl (C=O) groups is 3. The molecule has 10 heteroatoms. The fourth-order valence-corrected chi connectivity index (χ4v) is 3.86. The first-order valence-corrected chi connectivity index (χ1v) is 8.18. The van der Waals surface area contributed by atoms with Gasteiger partial charge in [-0.2, -0.15) is 13.2 Å². The zero-order chi connectivity index (χ0) is 20.2. The summed E-state index contributed by atoms with van der Waals surface area (Å²) >= 11 is 0. The number of amides is 2. The molecule has 2 fully saturated rings. The molecule has 0 radical (unpaired) electrons. The van der Waals surface area contributed by atoms with Crippen LogP contribution < -0.4 is 5.32 Å². The Morgan fingerprint density at radius 3 is 2.23 bits per heavy atom. The number of nitrogens with zero attached hydrogens (tertiary/aromatic N) is 1. The summed E-state index contributed by atoms with van der Waals surface area (Å²) in [6.07, 6.45) is -5.20. The molecule has 1 aliphatic heterocycles. The lowest BCUT2D eigenvalue weighted by Crippen LogP contribution is -2.61. The Morgan fingerprint density at radius 1 is 1.27 bits per heavy atom. The summed E-state index contributed by atoms with van der Waals surface area (Å²) in [7, 11) is 0. The molecule has 0 spiro atoms. The highest BCUT2D eigenvalue weighted by molar-refractivity contribution is 5.93. The van der Waals surface area contributed by atoms with E-state index in [1.807, 2.05) is 13.8 Å². The molecule has 4 atom stereocenters. The van der Waals surface area contributed by atoms with Gasteiger partial charge in [0.2, 0.25) is 5.91 Å². The summed E-state index contributed by atoms with van der Waals surface area (Å²) in [6.45, 7) is 5.81. The van der Waals surface area contributed by atoms with Gasteiger partial charge >= 0.3 is 18.1 Å². The third-order valence-electron chi connectivity index (χ3n) is 5.71. The lowest BCUT2D eigenvalue weighted by molar-refractivity contribution is -0.176. The highest BCUT2D eigenvalue weighted by Gasteiger charge is 2.70. The Bertz CT molecular complexity index is 632. The average Bonchev–Trinajstić information content (AvgIpc) is 2.87. The van der Waals surface area contributed by atoms with Crippen molar-refractivity contribution in [3.05, 3.63) is 0 Å². The van der Waals surface area contributed by atoms with Crippen LogP contribution in [0.4, 0.5) is 13.2 Å². The number of carboxylic acid groups (broad SMARTS) is 1. The van der Waals surface area contributed by atoms with Gasteiger partial charge in [0.15, 0.2) is 0 Å². The van der Waals surface area contributed by atoms with Gasteiger partial charge in [0.1, 0.15) is 12.1 Å². The highest BCUT2D eigenvalue weighted by Crippen LogP contribution is 2.65. The zero-order valence-corrected chi connectivity index (χ0v) is 14.9. The van der Waals surface area contributed by atoms with Gasteiger partial charge in [-0.05, 0) is 11.3 Å². The second-order valence-corrected chi connectivity index (χ2v) is 8.28. The zero-order valence-electron chi connectivity index (χ0n) is 14.9. The second kappa shape index (κ2) is 6.11. The first-order chi connectivity index (χ1) is 11.7. The number of fused-ring (bicyclic) bond motifs is 1. The van der Waals surface area contributed by atoms with E-state index in [1.54, 1.807) is 5.32 Å². The summed E-state index contributed by atoms with van der Waals surface area (Å²) < 4.78 is 37.9. The van der Waals surface area contributed by atoms with Crippen LogP contribution in [0.25, 0.3) is 0 Å². The van der Waals surface area contributed by atoms with Crippen LogP contribution in [0, 0.1) is 22.7 Å². The maximum atomic E-state index is 12.9. The monoisotopic (exact) mass is 380 g/mol. The van der Waals surface area contributed by atoms with Gasteiger partial charge in [-0.25, -0.2) is 4.79 Å². The van der Waals surface area contributed by atoms with Gasteiger partial charge in [-0.3, -0.25) is 9.59 Å². The number of aliphatic hydroxyl groups excluding tert-OH is 1. The first-order valence-electron chi connectivity index (χ1n) is 8.18. The number of likely N-dealkylation sites (tertiary alicyclic amines) is 1. The van der Waals surface area contributed by atoms with Crippen molar-refractivity contribution in [1.82, 2.24) is 10.2 Å².